The molecular weight excluding hydrogens is 236 g/mol. The fourth-order valence-electron chi connectivity index (χ4n) is 1.96. The van der Waals surface area contributed by atoms with E-state index in [1.165, 1.54) is 24.0 Å². The van der Waals surface area contributed by atoms with Crippen LogP contribution in [-0.2, 0) is 6.42 Å². The average Bonchev–Trinajstić information content (AvgIpc) is 3.22. The lowest BCUT2D eigenvalue weighted by Gasteiger charge is -2.11. The highest BCUT2D eigenvalue weighted by atomic mass is 15.2. The van der Waals surface area contributed by atoms with Crippen molar-refractivity contribution in [2.24, 2.45) is 10.9 Å². The lowest BCUT2D eigenvalue weighted by Crippen LogP contribution is -2.38. The second kappa shape index (κ2) is 7.12. The summed E-state index contributed by atoms with van der Waals surface area (Å²) in [4.78, 5) is 8.73. The van der Waals surface area contributed by atoms with Gasteiger partial charge in [0.1, 0.15) is 0 Å². The summed E-state index contributed by atoms with van der Waals surface area (Å²) in [5.74, 6) is 1.78. The first kappa shape index (κ1) is 13.8. The van der Waals surface area contributed by atoms with Crippen LogP contribution in [0.1, 0.15) is 30.9 Å². The molecule has 2 N–H and O–H groups in total. The maximum atomic E-state index is 4.61. The highest BCUT2D eigenvalue weighted by molar-refractivity contribution is 5.79. The summed E-state index contributed by atoms with van der Waals surface area (Å²) < 4.78 is 0. The molecule has 0 saturated heterocycles. The van der Waals surface area contributed by atoms with Crippen LogP contribution in [0.3, 0.4) is 0 Å². The third kappa shape index (κ3) is 4.89. The Labute approximate surface area is 115 Å². The number of nitrogens with one attached hydrogen (secondary N) is 2. The molecule has 0 bridgehead atoms. The van der Waals surface area contributed by atoms with E-state index < -0.39 is 0 Å². The number of aryl methyl sites for hydroxylation is 1. The molecule has 0 unspecified atom stereocenters. The van der Waals surface area contributed by atoms with Gasteiger partial charge in [0.05, 0.1) is 0 Å². The van der Waals surface area contributed by atoms with Gasteiger partial charge < -0.3 is 10.6 Å². The van der Waals surface area contributed by atoms with Crippen molar-refractivity contribution < 1.29 is 0 Å². The van der Waals surface area contributed by atoms with Crippen molar-refractivity contribution in [2.45, 2.75) is 33.1 Å². The standard InChI is InChI=1S/C15H24N4/c1-3-17-15(19-11-13-4-5-13)18-9-7-14-6-8-16-10-12(14)2/h6,8,10,13H,3-5,7,9,11H2,1-2H3,(H2,17,18,19). The van der Waals surface area contributed by atoms with E-state index in [2.05, 4.69) is 40.5 Å². The minimum absolute atomic E-state index is 0.831. The fourth-order valence-corrected chi connectivity index (χ4v) is 1.96. The van der Waals surface area contributed by atoms with Crippen LogP contribution >= 0.6 is 0 Å². The molecule has 1 heterocycles. The number of aliphatic imine (C=N–C) groups is 1. The minimum atomic E-state index is 0.831. The van der Waals surface area contributed by atoms with Crippen molar-refractivity contribution >= 4 is 5.96 Å². The van der Waals surface area contributed by atoms with Gasteiger partial charge in [0.15, 0.2) is 5.96 Å². The third-order valence-corrected chi connectivity index (χ3v) is 3.37. The van der Waals surface area contributed by atoms with Gasteiger partial charge in [0.25, 0.3) is 0 Å². The molecule has 0 amide bonds. The number of aromatic nitrogens is 1. The molecule has 0 aliphatic heterocycles. The molecular formula is C15H24N4. The molecule has 1 aromatic rings. The highest BCUT2D eigenvalue weighted by Gasteiger charge is 2.20. The second-order valence-corrected chi connectivity index (χ2v) is 5.14. The first-order valence-corrected chi connectivity index (χ1v) is 7.21. The van der Waals surface area contributed by atoms with Crippen LogP contribution in [0.15, 0.2) is 23.5 Å². The molecule has 19 heavy (non-hydrogen) atoms. The normalized spacial score (nSPS) is 15.4. The van der Waals surface area contributed by atoms with Gasteiger partial charge in [-0.3, -0.25) is 9.98 Å². The molecule has 1 aromatic heterocycles. The summed E-state index contributed by atoms with van der Waals surface area (Å²) >= 11 is 0. The highest BCUT2D eigenvalue weighted by Crippen LogP contribution is 2.28. The first-order valence-electron chi connectivity index (χ1n) is 7.21. The Balaban J connectivity index is 1.78. The molecule has 0 atom stereocenters. The van der Waals surface area contributed by atoms with Gasteiger partial charge in [-0.1, -0.05) is 0 Å². The van der Waals surface area contributed by atoms with Gasteiger partial charge in [0.2, 0.25) is 0 Å². The predicted molar refractivity (Wildman–Crippen MR) is 79.4 cm³/mol. The van der Waals surface area contributed by atoms with Crippen LogP contribution in [-0.4, -0.2) is 30.6 Å². The molecule has 1 saturated carbocycles. The summed E-state index contributed by atoms with van der Waals surface area (Å²) in [5.41, 5.74) is 2.60. The van der Waals surface area contributed by atoms with E-state index in [0.29, 0.717) is 0 Å². The van der Waals surface area contributed by atoms with E-state index in [9.17, 15) is 0 Å². The molecule has 1 aliphatic carbocycles. The third-order valence-electron chi connectivity index (χ3n) is 3.37. The molecule has 4 heteroatoms. The quantitative estimate of drug-likeness (QED) is 0.606. The van der Waals surface area contributed by atoms with Crippen LogP contribution in [0, 0.1) is 12.8 Å². The number of guanidine groups is 1. The van der Waals surface area contributed by atoms with Crippen LogP contribution < -0.4 is 10.6 Å². The van der Waals surface area contributed by atoms with Crippen LogP contribution in [0.4, 0.5) is 0 Å². The fraction of sp³-hybridized carbons (Fsp3) is 0.600. The van der Waals surface area contributed by atoms with Gasteiger partial charge in [-0.15, -0.1) is 0 Å². The van der Waals surface area contributed by atoms with Crippen LogP contribution in [0.25, 0.3) is 0 Å². The maximum Gasteiger partial charge on any atom is 0.191 e. The number of hydrogen-bond acceptors (Lipinski definition) is 2. The largest absolute Gasteiger partial charge is 0.357 e. The smallest absolute Gasteiger partial charge is 0.191 e. The Hall–Kier alpha value is -1.58. The maximum absolute atomic E-state index is 4.61. The number of pyridine rings is 1. The summed E-state index contributed by atoms with van der Waals surface area (Å²) in [6.45, 7) is 6.98. The monoisotopic (exact) mass is 260 g/mol. The average molecular weight is 260 g/mol. The van der Waals surface area contributed by atoms with Crippen molar-refractivity contribution in [3.8, 4) is 0 Å². The predicted octanol–water partition coefficient (Wildman–Crippen LogP) is 1.90. The molecule has 104 valence electrons. The zero-order chi connectivity index (χ0) is 13.5. The van der Waals surface area contributed by atoms with Crippen molar-refractivity contribution in [1.82, 2.24) is 15.6 Å². The lowest BCUT2D eigenvalue weighted by atomic mass is 10.1. The Morgan fingerprint density at radius 2 is 2.26 bits per heavy atom. The topological polar surface area (TPSA) is 49.3 Å². The van der Waals surface area contributed by atoms with Crippen molar-refractivity contribution in [1.29, 1.82) is 0 Å². The van der Waals surface area contributed by atoms with Gasteiger partial charge in [-0.05, 0) is 56.2 Å². The zero-order valence-corrected chi connectivity index (χ0v) is 11.9. The number of rotatable bonds is 6. The molecule has 1 fully saturated rings. The summed E-state index contributed by atoms with van der Waals surface area (Å²) in [7, 11) is 0. The van der Waals surface area contributed by atoms with Crippen molar-refractivity contribution in [3.63, 3.8) is 0 Å². The Morgan fingerprint density at radius 1 is 1.42 bits per heavy atom. The van der Waals surface area contributed by atoms with Crippen molar-refractivity contribution in [2.75, 3.05) is 19.6 Å². The zero-order valence-electron chi connectivity index (χ0n) is 11.9. The summed E-state index contributed by atoms with van der Waals surface area (Å²) in [6.07, 6.45) is 7.47. The van der Waals surface area contributed by atoms with Gasteiger partial charge in [0, 0.05) is 32.0 Å². The van der Waals surface area contributed by atoms with E-state index >= 15 is 0 Å². The van der Waals surface area contributed by atoms with E-state index in [-0.39, 0.29) is 0 Å². The number of hydrogen-bond donors (Lipinski definition) is 2. The van der Waals surface area contributed by atoms with Gasteiger partial charge >= 0.3 is 0 Å². The molecule has 2 rings (SSSR count). The van der Waals surface area contributed by atoms with Crippen LogP contribution in [0.2, 0.25) is 0 Å². The molecule has 0 spiro atoms. The Kier molecular flexibility index (Phi) is 5.19. The lowest BCUT2D eigenvalue weighted by molar-refractivity contribution is 0.775. The van der Waals surface area contributed by atoms with Gasteiger partial charge in [-0.2, -0.15) is 0 Å². The SMILES string of the molecule is CCNC(=NCC1CC1)NCCc1ccncc1C. The summed E-state index contributed by atoms with van der Waals surface area (Å²) in [5, 5.41) is 6.69. The van der Waals surface area contributed by atoms with E-state index in [4.69, 9.17) is 0 Å². The first-order chi connectivity index (χ1) is 9.29. The summed E-state index contributed by atoms with van der Waals surface area (Å²) in [6, 6.07) is 2.09. The van der Waals surface area contributed by atoms with Crippen molar-refractivity contribution in [3.05, 3.63) is 29.6 Å². The second-order valence-electron chi connectivity index (χ2n) is 5.14. The Bertz CT molecular complexity index is 424. The molecule has 0 aromatic carbocycles. The van der Waals surface area contributed by atoms with E-state index in [1.54, 1.807) is 0 Å². The van der Waals surface area contributed by atoms with E-state index in [0.717, 1.165) is 37.9 Å². The van der Waals surface area contributed by atoms with E-state index in [1.807, 2.05) is 12.4 Å². The molecule has 4 nitrogen and oxygen atoms in total. The molecule has 0 radical (unpaired) electrons. The number of nitrogens with zero attached hydrogens (tertiary/aromatic N) is 2. The van der Waals surface area contributed by atoms with Gasteiger partial charge in [-0.25, -0.2) is 0 Å². The Morgan fingerprint density at radius 3 is 2.95 bits per heavy atom. The van der Waals surface area contributed by atoms with Crippen LogP contribution in [0.5, 0.6) is 0 Å². The molecule has 1 aliphatic rings. The minimum Gasteiger partial charge on any atom is -0.357 e.